The summed E-state index contributed by atoms with van der Waals surface area (Å²) in [6.07, 6.45) is 0. The zero-order valence-corrected chi connectivity index (χ0v) is 7.12. The highest BCUT2D eigenvalue weighted by molar-refractivity contribution is 7.70. The Morgan fingerprint density at radius 1 is 1.73 bits per heavy atom. The van der Waals surface area contributed by atoms with Crippen molar-refractivity contribution in [2.75, 3.05) is 20.9 Å². The summed E-state index contributed by atoms with van der Waals surface area (Å²) >= 11 is 0. The molecular formula is C4H10NO5P. The summed E-state index contributed by atoms with van der Waals surface area (Å²) in [5, 5.41) is 8.38. The average molecular weight is 183 g/mol. The van der Waals surface area contributed by atoms with E-state index < -0.39 is 20.0 Å². The van der Waals surface area contributed by atoms with Crippen molar-refractivity contribution in [3.8, 4) is 0 Å². The predicted molar refractivity (Wildman–Crippen MR) is 37.1 cm³/mol. The van der Waals surface area contributed by atoms with E-state index in [1.54, 1.807) is 0 Å². The van der Waals surface area contributed by atoms with Crippen molar-refractivity contribution in [1.29, 1.82) is 0 Å². The SMILES string of the molecule is COP(=O)(O)C(=O)N(C)CO. The molecule has 0 rings (SSSR count). The van der Waals surface area contributed by atoms with E-state index in [2.05, 4.69) is 4.52 Å². The zero-order valence-electron chi connectivity index (χ0n) is 6.22. The van der Waals surface area contributed by atoms with Crippen LogP contribution in [-0.4, -0.2) is 41.4 Å². The van der Waals surface area contributed by atoms with Gasteiger partial charge in [0, 0.05) is 14.2 Å². The van der Waals surface area contributed by atoms with Crippen molar-refractivity contribution in [2.24, 2.45) is 0 Å². The van der Waals surface area contributed by atoms with E-state index in [9.17, 15) is 9.36 Å². The van der Waals surface area contributed by atoms with Crippen molar-refractivity contribution < 1.29 is 23.9 Å². The molecular weight excluding hydrogens is 173 g/mol. The summed E-state index contributed by atoms with van der Waals surface area (Å²) in [5.74, 6) is 0. The smallest absolute Gasteiger partial charge is 0.376 e. The van der Waals surface area contributed by atoms with E-state index in [0.717, 1.165) is 7.11 Å². The molecule has 66 valence electrons. The van der Waals surface area contributed by atoms with E-state index in [-0.39, 0.29) is 0 Å². The van der Waals surface area contributed by atoms with Gasteiger partial charge in [-0.3, -0.25) is 4.79 Å². The van der Waals surface area contributed by atoms with Crippen LogP contribution >= 0.6 is 7.60 Å². The minimum atomic E-state index is -4.21. The van der Waals surface area contributed by atoms with Crippen LogP contribution in [0.5, 0.6) is 0 Å². The Morgan fingerprint density at radius 2 is 2.18 bits per heavy atom. The maximum absolute atomic E-state index is 10.8. The average Bonchev–Trinajstić information content (AvgIpc) is 2.01. The van der Waals surface area contributed by atoms with Gasteiger partial charge < -0.3 is 19.4 Å². The van der Waals surface area contributed by atoms with Crippen LogP contribution in [-0.2, 0) is 9.09 Å². The zero-order chi connectivity index (χ0) is 9.07. The molecule has 0 fully saturated rings. The first-order valence-corrected chi connectivity index (χ1v) is 4.28. The van der Waals surface area contributed by atoms with Gasteiger partial charge in [0.05, 0.1) is 0 Å². The van der Waals surface area contributed by atoms with Gasteiger partial charge in [-0.2, -0.15) is 0 Å². The summed E-state index contributed by atoms with van der Waals surface area (Å²) < 4.78 is 14.7. The molecule has 0 aliphatic carbocycles. The van der Waals surface area contributed by atoms with Crippen LogP contribution in [0.15, 0.2) is 0 Å². The Balaban J connectivity index is 4.36. The lowest BCUT2D eigenvalue weighted by Crippen LogP contribution is -2.26. The number of nitrogens with zero attached hydrogens (tertiary/aromatic N) is 1. The first kappa shape index (κ1) is 10.6. The fraction of sp³-hybridized carbons (Fsp3) is 0.750. The Hall–Kier alpha value is -0.420. The first-order valence-electron chi connectivity index (χ1n) is 2.70. The summed E-state index contributed by atoms with van der Waals surface area (Å²) in [6, 6.07) is 0. The van der Waals surface area contributed by atoms with Crippen molar-refractivity contribution in [3.05, 3.63) is 0 Å². The molecule has 0 aromatic rings. The van der Waals surface area contributed by atoms with Crippen LogP contribution in [0.1, 0.15) is 0 Å². The number of hydrogen-bond acceptors (Lipinski definition) is 4. The van der Waals surface area contributed by atoms with Gasteiger partial charge in [-0.25, -0.2) is 4.57 Å². The number of amides is 1. The summed E-state index contributed by atoms with van der Waals surface area (Å²) in [4.78, 5) is 20.2. The molecule has 0 heterocycles. The molecule has 0 radical (unpaired) electrons. The maximum Gasteiger partial charge on any atom is 0.415 e. The standard InChI is InChI=1S/C4H10NO5P/c1-5(3-6)4(7)11(8,9)10-2/h6H,3H2,1-2H3,(H,8,9). The molecule has 0 spiro atoms. The van der Waals surface area contributed by atoms with E-state index in [4.69, 9.17) is 10.00 Å². The molecule has 0 saturated heterocycles. The summed E-state index contributed by atoms with van der Waals surface area (Å²) in [5.41, 5.74) is -1.12. The number of hydrogen-bond donors (Lipinski definition) is 2. The number of carbonyl (C=O) groups excluding carboxylic acids is 1. The van der Waals surface area contributed by atoms with Crippen LogP contribution in [0.2, 0.25) is 0 Å². The van der Waals surface area contributed by atoms with Gasteiger partial charge in [-0.05, 0) is 0 Å². The van der Waals surface area contributed by atoms with Crippen molar-refractivity contribution in [3.63, 3.8) is 0 Å². The maximum atomic E-state index is 10.8. The number of rotatable bonds is 3. The monoisotopic (exact) mass is 183 g/mol. The highest BCUT2D eigenvalue weighted by Crippen LogP contribution is 2.43. The second kappa shape index (κ2) is 3.82. The van der Waals surface area contributed by atoms with Crippen LogP contribution in [0.25, 0.3) is 0 Å². The molecule has 0 bridgehead atoms. The van der Waals surface area contributed by atoms with Gasteiger partial charge >= 0.3 is 13.2 Å². The Morgan fingerprint density at radius 3 is 2.45 bits per heavy atom. The van der Waals surface area contributed by atoms with E-state index >= 15 is 0 Å². The van der Waals surface area contributed by atoms with Crippen molar-refractivity contribution >= 4 is 13.2 Å². The molecule has 0 aromatic heterocycles. The Bertz CT molecular complexity index is 193. The Labute approximate surface area is 63.9 Å². The lowest BCUT2D eigenvalue weighted by atomic mass is 10.9. The van der Waals surface area contributed by atoms with Gasteiger partial charge in [-0.1, -0.05) is 0 Å². The molecule has 0 saturated carbocycles. The molecule has 1 unspecified atom stereocenters. The molecule has 0 aliphatic heterocycles. The van der Waals surface area contributed by atoms with Crippen molar-refractivity contribution in [1.82, 2.24) is 4.90 Å². The molecule has 2 N–H and O–H groups in total. The third kappa shape index (κ3) is 2.59. The minimum absolute atomic E-state index is 0.618. The first-order chi connectivity index (χ1) is 4.95. The molecule has 0 aromatic carbocycles. The van der Waals surface area contributed by atoms with Crippen molar-refractivity contribution in [2.45, 2.75) is 0 Å². The van der Waals surface area contributed by atoms with E-state index in [1.165, 1.54) is 7.05 Å². The molecule has 6 nitrogen and oxygen atoms in total. The molecule has 1 amide bonds. The molecule has 1 atom stereocenters. The highest BCUT2D eigenvalue weighted by atomic mass is 31.2. The normalized spacial score (nSPS) is 15.6. The topological polar surface area (TPSA) is 87.1 Å². The Kier molecular flexibility index (Phi) is 3.68. The molecule has 7 heteroatoms. The quantitative estimate of drug-likeness (QED) is 0.468. The van der Waals surface area contributed by atoms with Crippen LogP contribution in [0, 0.1) is 0 Å². The number of carbonyl (C=O) groups is 1. The number of aliphatic hydroxyl groups excluding tert-OH is 1. The minimum Gasteiger partial charge on any atom is -0.376 e. The lowest BCUT2D eigenvalue weighted by molar-refractivity contribution is 0.149. The lowest BCUT2D eigenvalue weighted by Gasteiger charge is -2.15. The molecule has 0 aliphatic rings. The highest BCUT2D eigenvalue weighted by Gasteiger charge is 2.31. The van der Waals surface area contributed by atoms with Crippen LogP contribution in [0.4, 0.5) is 4.79 Å². The van der Waals surface area contributed by atoms with Crippen LogP contribution < -0.4 is 0 Å². The predicted octanol–water partition coefficient (Wildman–Crippen LogP) is -0.180. The van der Waals surface area contributed by atoms with Crippen LogP contribution in [0.3, 0.4) is 0 Å². The summed E-state index contributed by atoms with van der Waals surface area (Å²) in [6.45, 7) is -0.618. The molecule has 11 heavy (non-hydrogen) atoms. The summed E-state index contributed by atoms with van der Waals surface area (Å²) in [7, 11) is -2.08. The van der Waals surface area contributed by atoms with Gasteiger partial charge in [0.25, 0.3) is 0 Å². The van der Waals surface area contributed by atoms with Gasteiger partial charge in [-0.15, -0.1) is 0 Å². The fourth-order valence-corrected chi connectivity index (χ4v) is 1.01. The van der Waals surface area contributed by atoms with Gasteiger partial charge in [0.2, 0.25) is 0 Å². The second-order valence-electron chi connectivity index (χ2n) is 1.82. The fourth-order valence-electron chi connectivity index (χ4n) is 0.354. The third-order valence-electron chi connectivity index (χ3n) is 1.03. The van der Waals surface area contributed by atoms with Gasteiger partial charge in [0.15, 0.2) is 0 Å². The van der Waals surface area contributed by atoms with Gasteiger partial charge in [0.1, 0.15) is 6.73 Å². The second-order valence-corrected chi connectivity index (χ2v) is 3.61. The largest absolute Gasteiger partial charge is 0.415 e. The van der Waals surface area contributed by atoms with E-state index in [1.807, 2.05) is 0 Å². The third-order valence-corrected chi connectivity index (χ3v) is 2.35. The van der Waals surface area contributed by atoms with E-state index in [0.29, 0.717) is 4.90 Å². The number of aliphatic hydroxyl groups is 1.